The highest BCUT2D eigenvalue weighted by Crippen LogP contribution is 2.12. The molecule has 0 aliphatic heterocycles. The number of carbonyl (C=O) groups is 1. The lowest BCUT2D eigenvalue weighted by Crippen LogP contribution is -2.17. The number of nitrogens with zero attached hydrogens (tertiary/aromatic N) is 1. The Morgan fingerprint density at radius 3 is 2.74 bits per heavy atom. The number of nitrogens with one attached hydrogen (secondary N) is 1. The summed E-state index contributed by atoms with van der Waals surface area (Å²) in [7, 11) is 0. The fraction of sp³-hybridized carbons (Fsp3) is 0. The van der Waals surface area contributed by atoms with Crippen molar-refractivity contribution in [1.82, 2.24) is 5.43 Å². The first-order valence-electron chi connectivity index (χ1n) is 5.50. The van der Waals surface area contributed by atoms with Crippen molar-refractivity contribution in [2.45, 2.75) is 0 Å². The molecule has 1 N–H and O–H groups in total. The van der Waals surface area contributed by atoms with Gasteiger partial charge in [-0.05, 0) is 24.3 Å². The lowest BCUT2D eigenvalue weighted by atomic mass is 10.2. The monoisotopic (exact) mass is 276 g/mol. The number of rotatable bonds is 3. The second-order valence-corrected chi connectivity index (χ2v) is 4.14. The van der Waals surface area contributed by atoms with Gasteiger partial charge in [-0.15, -0.1) is 0 Å². The molecule has 2 rings (SSSR count). The van der Waals surface area contributed by atoms with Crippen molar-refractivity contribution in [3.63, 3.8) is 0 Å². The maximum atomic E-state index is 12.9. The number of hydrogen-bond acceptors (Lipinski definition) is 2. The molecule has 0 aliphatic rings. The molecule has 0 atom stereocenters. The topological polar surface area (TPSA) is 41.5 Å². The van der Waals surface area contributed by atoms with Gasteiger partial charge in [-0.2, -0.15) is 5.10 Å². The molecular weight excluding hydrogens is 267 g/mol. The predicted molar refractivity (Wildman–Crippen MR) is 72.9 cm³/mol. The molecule has 0 unspecified atom stereocenters. The van der Waals surface area contributed by atoms with Crippen LogP contribution in [0.2, 0.25) is 5.02 Å². The lowest BCUT2D eigenvalue weighted by molar-refractivity contribution is 0.0954. The summed E-state index contributed by atoms with van der Waals surface area (Å²) in [5.74, 6) is -0.953. The minimum absolute atomic E-state index is 0.205. The lowest BCUT2D eigenvalue weighted by Gasteiger charge is -2.00. The summed E-state index contributed by atoms with van der Waals surface area (Å²) in [6.45, 7) is 0. The van der Waals surface area contributed by atoms with Gasteiger partial charge in [0.15, 0.2) is 0 Å². The molecule has 5 heteroatoms. The second-order valence-electron chi connectivity index (χ2n) is 3.73. The van der Waals surface area contributed by atoms with E-state index in [1.807, 2.05) is 6.07 Å². The quantitative estimate of drug-likeness (QED) is 0.679. The number of carbonyl (C=O) groups excluding carboxylic acids is 1. The summed E-state index contributed by atoms with van der Waals surface area (Å²) in [5.41, 5.74) is 3.20. The van der Waals surface area contributed by atoms with Gasteiger partial charge in [0, 0.05) is 16.1 Å². The average molecular weight is 277 g/mol. The molecule has 2 aromatic carbocycles. The predicted octanol–water partition coefficient (Wildman–Crippen LogP) is 3.24. The molecule has 96 valence electrons. The Balaban J connectivity index is 2.03. The van der Waals surface area contributed by atoms with Crippen LogP contribution in [0.25, 0.3) is 0 Å². The van der Waals surface area contributed by atoms with Crippen LogP contribution in [-0.2, 0) is 0 Å². The van der Waals surface area contributed by atoms with E-state index < -0.39 is 11.7 Å². The van der Waals surface area contributed by atoms with Crippen molar-refractivity contribution < 1.29 is 9.18 Å². The molecular formula is C14H10ClFN2O. The third-order valence-electron chi connectivity index (χ3n) is 2.36. The Hall–Kier alpha value is -2.20. The van der Waals surface area contributed by atoms with Crippen molar-refractivity contribution in [2.75, 3.05) is 0 Å². The molecule has 0 radical (unpaired) electrons. The van der Waals surface area contributed by atoms with Gasteiger partial charge in [-0.25, -0.2) is 9.82 Å². The van der Waals surface area contributed by atoms with E-state index in [0.29, 0.717) is 10.6 Å². The van der Waals surface area contributed by atoms with Crippen molar-refractivity contribution >= 4 is 23.7 Å². The van der Waals surface area contributed by atoms with Gasteiger partial charge < -0.3 is 0 Å². The zero-order valence-corrected chi connectivity index (χ0v) is 10.6. The molecule has 19 heavy (non-hydrogen) atoms. The summed E-state index contributed by atoms with van der Waals surface area (Å²) in [6, 6.07) is 12.5. The molecule has 0 aromatic heterocycles. The highest BCUT2D eigenvalue weighted by Gasteiger charge is 2.04. The Kier molecular flexibility index (Phi) is 4.26. The highest BCUT2D eigenvalue weighted by molar-refractivity contribution is 6.33. The minimum atomic E-state index is -0.484. The van der Waals surface area contributed by atoms with Crippen LogP contribution < -0.4 is 5.43 Å². The molecule has 0 fully saturated rings. The van der Waals surface area contributed by atoms with Crippen LogP contribution in [0, 0.1) is 5.82 Å². The van der Waals surface area contributed by atoms with Crippen LogP contribution >= 0.6 is 11.6 Å². The van der Waals surface area contributed by atoms with Crippen molar-refractivity contribution in [2.24, 2.45) is 5.10 Å². The number of hydrogen-bond donors (Lipinski definition) is 1. The van der Waals surface area contributed by atoms with Crippen molar-refractivity contribution in [3.8, 4) is 0 Å². The van der Waals surface area contributed by atoms with Gasteiger partial charge in [-0.3, -0.25) is 4.79 Å². The van der Waals surface area contributed by atoms with Gasteiger partial charge in [0.25, 0.3) is 5.91 Å². The van der Waals surface area contributed by atoms with Crippen LogP contribution in [0.3, 0.4) is 0 Å². The molecule has 0 spiro atoms. The first kappa shape index (κ1) is 13.2. The zero-order chi connectivity index (χ0) is 13.7. The first-order chi connectivity index (χ1) is 9.16. The van der Waals surface area contributed by atoms with Gasteiger partial charge in [0.05, 0.1) is 6.21 Å². The van der Waals surface area contributed by atoms with Crippen LogP contribution in [-0.4, -0.2) is 12.1 Å². The van der Waals surface area contributed by atoms with E-state index in [4.69, 9.17) is 11.6 Å². The maximum absolute atomic E-state index is 12.9. The van der Waals surface area contributed by atoms with E-state index in [1.54, 1.807) is 18.2 Å². The molecule has 1 amide bonds. The SMILES string of the molecule is O=C(NN=Cc1ccccc1Cl)c1cccc(F)c1. The van der Waals surface area contributed by atoms with Crippen molar-refractivity contribution in [1.29, 1.82) is 0 Å². The maximum Gasteiger partial charge on any atom is 0.271 e. The summed E-state index contributed by atoms with van der Waals surface area (Å²) < 4.78 is 12.9. The van der Waals surface area contributed by atoms with E-state index in [1.165, 1.54) is 24.4 Å². The largest absolute Gasteiger partial charge is 0.271 e. The van der Waals surface area contributed by atoms with Gasteiger partial charge in [-0.1, -0.05) is 35.9 Å². The van der Waals surface area contributed by atoms with Gasteiger partial charge >= 0.3 is 0 Å². The first-order valence-corrected chi connectivity index (χ1v) is 5.88. The molecule has 0 heterocycles. The smallest absolute Gasteiger partial charge is 0.267 e. The number of benzene rings is 2. The third kappa shape index (κ3) is 3.63. The van der Waals surface area contributed by atoms with Gasteiger partial charge in [0.1, 0.15) is 5.82 Å². The van der Waals surface area contributed by atoms with Gasteiger partial charge in [0.2, 0.25) is 0 Å². The Morgan fingerprint density at radius 2 is 2.00 bits per heavy atom. The molecule has 2 aromatic rings. The third-order valence-corrected chi connectivity index (χ3v) is 2.71. The second kappa shape index (κ2) is 6.11. The number of halogens is 2. The highest BCUT2D eigenvalue weighted by atomic mass is 35.5. The fourth-order valence-electron chi connectivity index (χ4n) is 1.43. The number of hydrazone groups is 1. The van der Waals surface area contributed by atoms with E-state index in [0.717, 1.165) is 6.07 Å². The fourth-order valence-corrected chi connectivity index (χ4v) is 1.62. The Bertz CT molecular complexity index is 628. The summed E-state index contributed by atoms with van der Waals surface area (Å²) >= 11 is 5.92. The molecule has 3 nitrogen and oxygen atoms in total. The standard InChI is InChI=1S/C14H10ClFN2O/c15-13-7-2-1-4-11(13)9-17-18-14(19)10-5-3-6-12(16)8-10/h1-9H,(H,18,19). The Labute approximate surface area is 114 Å². The minimum Gasteiger partial charge on any atom is -0.267 e. The summed E-state index contributed by atoms with van der Waals surface area (Å²) in [5, 5.41) is 4.31. The van der Waals surface area contributed by atoms with Crippen molar-refractivity contribution in [3.05, 3.63) is 70.5 Å². The van der Waals surface area contributed by atoms with E-state index >= 15 is 0 Å². The van der Waals surface area contributed by atoms with E-state index in [2.05, 4.69) is 10.5 Å². The Morgan fingerprint density at radius 1 is 1.21 bits per heavy atom. The molecule has 0 bridgehead atoms. The molecule has 0 saturated heterocycles. The normalized spacial score (nSPS) is 10.6. The summed E-state index contributed by atoms with van der Waals surface area (Å²) in [4.78, 5) is 11.6. The van der Waals surface area contributed by atoms with Crippen LogP contribution in [0.1, 0.15) is 15.9 Å². The van der Waals surface area contributed by atoms with Crippen LogP contribution in [0.15, 0.2) is 53.6 Å². The number of amides is 1. The van der Waals surface area contributed by atoms with Crippen LogP contribution in [0.4, 0.5) is 4.39 Å². The van der Waals surface area contributed by atoms with E-state index in [-0.39, 0.29) is 5.56 Å². The van der Waals surface area contributed by atoms with E-state index in [9.17, 15) is 9.18 Å². The molecule has 0 aliphatic carbocycles. The van der Waals surface area contributed by atoms with Crippen LogP contribution in [0.5, 0.6) is 0 Å². The zero-order valence-electron chi connectivity index (χ0n) is 9.81. The average Bonchev–Trinajstić information content (AvgIpc) is 2.41. The molecule has 0 saturated carbocycles. The summed E-state index contributed by atoms with van der Waals surface area (Å²) in [6.07, 6.45) is 1.43.